The monoisotopic (exact) mass is 647 g/mol. The van der Waals surface area contributed by atoms with Gasteiger partial charge in [0, 0.05) is 47.9 Å². The molecule has 3 atom stereocenters. The number of aliphatic hydroxyl groups is 1. The van der Waals surface area contributed by atoms with E-state index in [1.165, 1.54) is 31.1 Å². The predicted molar refractivity (Wildman–Crippen MR) is 170 cm³/mol. The Morgan fingerprint density at radius 2 is 2.02 bits per heavy atom. The van der Waals surface area contributed by atoms with E-state index < -0.39 is 17.9 Å². The second-order valence-corrected chi connectivity index (χ2v) is 11.5. The van der Waals surface area contributed by atoms with Crippen molar-refractivity contribution in [2.24, 2.45) is 16.9 Å². The Bertz CT molecular complexity index is 1690. The maximum Gasteiger partial charge on any atom is 0.411 e. The summed E-state index contributed by atoms with van der Waals surface area (Å²) in [5.74, 6) is -0.216. The molecule has 240 valence electrons. The van der Waals surface area contributed by atoms with E-state index in [-0.39, 0.29) is 23.7 Å². The van der Waals surface area contributed by atoms with Crippen molar-refractivity contribution in [2.75, 3.05) is 20.2 Å². The number of nitrogens with zero attached hydrogens (tertiary/aromatic N) is 6. The largest absolute Gasteiger partial charge is 0.453 e. The van der Waals surface area contributed by atoms with Crippen molar-refractivity contribution in [1.82, 2.24) is 41.2 Å². The number of amides is 3. The molecule has 2 fully saturated rings. The van der Waals surface area contributed by atoms with Gasteiger partial charge in [-0.2, -0.15) is 9.78 Å². The number of methoxy groups -OCH3 is 1. The van der Waals surface area contributed by atoms with Crippen molar-refractivity contribution in [3.63, 3.8) is 0 Å². The average molecular weight is 648 g/mol. The lowest BCUT2D eigenvalue weighted by atomic mass is 9.88. The number of carbonyl (C=O) groups excluding carboxylic acids is 3. The molecule has 1 saturated carbocycles. The number of ether oxygens (including phenoxy) is 1. The zero-order valence-electron chi connectivity index (χ0n) is 25.5. The Kier molecular flexibility index (Phi) is 9.49. The lowest BCUT2D eigenvalue weighted by Gasteiger charge is -2.40. The number of alkyl carbamates (subject to hydrolysis) is 1. The van der Waals surface area contributed by atoms with Gasteiger partial charge in [0.15, 0.2) is 6.23 Å². The smallest absolute Gasteiger partial charge is 0.411 e. The SMILES string of the molecule is C=C(/C=C\C(=C/C)NC(=O)OC)C1=CC([C@]2(NC(=O)/C=C/c3cc(Cl)ccc3-n3cnnn3)C[C@H]2C2CN(C(C)=O)C2)=NNC1O. The Hall–Kier alpha value is -5.08. The summed E-state index contributed by atoms with van der Waals surface area (Å²) in [7, 11) is 1.27. The van der Waals surface area contributed by atoms with E-state index in [4.69, 9.17) is 11.6 Å². The average Bonchev–Trinajstić information content (AvgIpc) is 3.43. The Balaban J connectivity index is 1.39. The standard InChI is InChI=1S/C31H34ClN9O5/c1-5-23(34-30(45)46-4)9-6-18(2)24-13-27(36-37-29(24)44)31(14-25(31)21-15-40(16-21)19(3)42)35-28(43)11-7-20-12-22(32)8-10-26(20)41-17-33-38-39-41/h5-13,17,21,25,29,37,44H,2,14-16H2,1,3-4H3,(H,34,45)(H,35,43)/b9-6-,11-7+,23-5+/t25-,29?,31-/m0/s1. The molecule has 1 aliphatic carbocycles. The van der Waals surface area contributed by atoms with Crippen LogP contribution in [0, 0.1) is 11.8 Å². The van der Waals surface area contributed by atoms with Crippen LogP contribution >= 0.6 is 11.6 Å². The maximum atomic E-state index is 13.5. The molecule has 1 aromatic heterocycles. The summed E-state index contributed by atoms with van der Waals surface area (Å²) in [5.41, 5.74) is 5.03. The van der Waals surface area contributed by atoms with E-state index in [0.717, 1.165) is 0 Å². The van der Waals surface area contributed by atoms with Gasteiger partial charge in [-0.25, -0.2) is 4.79 Å². The number of aromatic nitrogens is 4. The van der Waals surface area contributed by atoms with Crippen LogP contribution in [0.15, 0.2) is 83.4 Å². The summed E-state index contributed by atoms with van der Waals surface area (Å²) in [6.45, 7) is 8.54. The number of carbonyl (C=O) groups is 3. The van der Waals surface area contributed by atoms with Gasteiger partial charge in [-0.1, -0.05) is 30.3 Å². The lowest BCUT2D eigenvalue weighted by Crippen LogP contribution is -2.54. The van der Waals surface area contributed by atoms with E-state index in [0.29, 0.717) is 58.3 Å². The van der Waals surface area contributed by atoms with Crippen LogP contribution in [0.2, 0.25) is 5.02 Å². The number of nitrogens with one attached hydrogen (secondary N) is 3. The molecule has 3 amide bonds. The topological polar surface area (TPSA) is 176 Å². The summed E-state index contributed by atoms with van der Waals surface area (Å²) in [6, 6.07) is 5.15. The molecule has 3 aliphatic rings. The summed E-state index contributed by atoms with van der Waals surface area (Å²) in [5, 5.41) is 32.7. The maximum absolute atomic E-state index is 13.5. The van der Waals surface area contributed by atoms with Gasteiger partial charge in [0.1, 0.15) is 6.33 Å². The number of tetrazole rings is 1. The van der Waals surface area contributed by atoms with Crippen LogP contribution in [-0.2, 0) is 14.3 Å². The van der Waals surface area contributed by atoms with Crippen LogP contribution in [0.1, 0.15) is 25.8 Å². The molecule has 2 aliphatic heterocycles. The molecule has 0 radical (unpaired) electrons. The van der Waals surface area contributed by atoms with Crippen molar-refractivity contribution < 1.29 is 24.2 Å². The van der Waals surface area contributed by atoms with Gasteiger partial charge >= 0.3 is 6.09 Å². The van der Waals surface area contributed by atoms with E-state index in [2.05, 4.69) is 48.0 Å². The number of hydrazone groups is 1. The van der Waals surface area contributed by atoms with Crippen molar-refractivity contribution in [3.05, 3.63) is 88.9 Å². The van der Waals surface area contributed by atoms with Crippen LogP contribution in [0.25, 0.3) is 11.8 Å². The van der Waals surface area contributed by atoms with E-state index >= 15 is 0 Å². The number of likely N-dealkylation sites (tertiary alicyclic amines) is 1. The highest BCUT2D eigenvalue weighted by Crippen LogP contribution is 2.53. The van der Waals surface area contributed by atoms with E-state index in [9.17, 15) is 19.5 Å². The second-order valence-electron chi connectivity index (χ2n) is 11.1. The number of aliphatic hydroxyl groups excluding tert-OH is 1. The highest BCUT2D eigenvalue weighted by molar-refractivity contribution is 6.30. The van der Waals surface area contributed by atoms with Gasteiger partial charge in [0.05, 0.1) is 24.0 Å². The van der Waals surface area contributed by atoms with Crippen molar-refractivity contribution >= 4 is 41.3 Å². The molecule has 3 heterocycles. The molecule has 0 spiro atoms. The van der Waals surface area contributed by atoms with Crippen LogP contribution < -0.4 is 16.1 Å². The molecule has 1 saturated heterocycles. The molecule has 14 nitrogen and oxygen atoms in total. The third kappa shape index (κ3) is 6.92. The first kappa shape index (κ1) is 32.3. The highest BCUT2D eigenvalue weighted by atomic mass is 35.5. The minimum atomic E-state index is -1.15. The first-order valence-electron chi connectivity index (χ1n) is 14.4. The molecule has 2 aromatic rings. The van der Waals surface area contributed by atoms with Crippen LogP contribution in [-0.4, -0.2) is 85.8 Å². The first-order chi connectivity index (χ1) is 22.0. The van der Waals surface area contributed by atoms with Gasteiger partial charge in [-0.05, 0) is 77.6 Å². The fraction of sp³-hybridized carbons (Fsp3) is 0.323. The molecule has 46 heavy (non-hydrogen) atoms. The number of hydrogen-bond donors (Lipinski definition) is 4. The van der Waals surface area contributed by atoms with Gasteiger partial charge in [-0.3, -0.25) is 20.3 Å². The molecule has 0 bridgehead atoms. The summed E-state index contributed by atoms with van der Waals surface area (Å²) in [4.78, 5) is 38.7. The Labute approximate surface area is 270 Å². The van der Waals surface area contributed by atoms with Gasteiger partial charge in [-0.15, -0.1) is 5.10 Å². The van der Waals surface area contributed by atoms with Crippen LogP contribution in [0.4, 0.5) is 4.79 Å². The van der Waals surface area contributed by atoms with Crippen LogP contribution in [0.5, 0.6) is 0 Å². The molecule has 4 N–H and O–H groups in total. The third-order valence-corrected chi connectivity index (χ3v) is 8.45. The van der Waals surface area contributed by atoms with Gasteiger partial charge in [0.2, 0.25) is 11.8 Å². The Morgan fingerprint density at radius 3 is 2.70 bits per heavy atom. The molecule has 5 rings (SSSR count). The minimum absolute atomic E-state index is 0.000567. The zero-order valence-corrected chi connectivity index (χ0v) is 26.2. The number of benzene rings is 1. The highest BCUT2D eigenvalue weighted by Gasteiger charge is 2.63. The predicted octanol–water partition coefficient (Wildman–Crippen LogP) is 2.26. The number of allylic oxidation sites excluding steroid dienone is 3. The van der Waals surface area contributed by atoms with Gasteiger partial charge in [0.25, 0.3) is 0 Å². The molecule has 15 heteroatoms. The summed E-state index contributed by atoms with van der Waals surface area (Å²) < 4.78 is 6.11. The van der Waals surface area contributed by atoms with Crippen molar-refractivity contribution in [2.45, 2.75) is 32.0 Å². The summed E-state index contributed by atoms with van der Waals surface area (Å²) in [6.07, 6.45) is 9.97. The number of hydrogen-bond acceptors (Lipinski definition) is 10. The molecular formula is C31H34ClN9O5. The first-order valence-corrected chi connectivity index (χ1v) is 14.8. The molecule has 1 unspecified atom stereocenters. The summed E-state index contributed by atoms with van der Waals surface area (Å²) >= 11 is 6.24. The van der Waals surface area contributed by atoms with Crippen LogP contribution in [0.3, 0.4) is 0 Å². The Morgan fingerprint density at radius 1 is 1.24 bits per heavy atom. The molecular weight excluding hydrogens is 614 g/mol. The fourth-order valence-electron chi connectivity index (χ4n) is 5.57. The number of halogens is 1. The second kappa shape index (κ2) is 13.5. The zero-order chi connectivity index (χ0) is 33.0. The van der Waals surface area contributed by atoms with E-state index in [1.54, 1.807) is 60.4 Å². The quantitative estimate of drug-likeness (QED) is 0.223. The van der Waals surface area contributed by atoms with Gasteiger partial charge < -0.3 is 20.1 Å². The minimum Gasteiger partial charge on any atom is -0.453 e. The van der Waals surface area contributed by atoms with Crippen molar-refractivity contribution in [1.29, 1.82) is 0 Å². The molecule has 1 aromatic carbocycles. The lowest BCUT2D eigenvalue weighted by molar-refractivity contribution is -0.135. The normalized spacial score (nSPS) is 22.9. The van der Waals surface area contributed by atoms with E-state index in [1.807, 2.05) is 0 Å². The van der Waals surface area contributed by atoms with Crippen molar-refractivity contribution in [3.8, 4) is 5.69 Å². The fourth-order valence-corrected chi connectivity index (χ4v) is 5.75. The third-order valence-electron chi connectivity index (χ3n) is 8.21. The number of rotatable bonds is 10.